The second-order valence-corrected chi connectivity index (χ2v) is 7.13. The van der Waals surface area contributed by atoms with Crippen LogP contribution in [0.1, 0.15) is 0 Å². The minimum absolute atomic E-state index is 0.0314. The Kier molecular flexibility index (Phi) is 4.95. The van der Waals surface area contributed by atoms with Crippen molar-refractivity contribution in [1.82, 2.24) is 19.5 Å². The molecule has 0 fully saturated rings. The fourth-order valence-electron chi connectivity index (χ4n) is 3.58. The minimum atomic E-state index is -0.393. The first-order valence-corrected chi connectivity index (χ1v) is 9.93. The van der Waals surface area contributed by atoms with Crippen LogP contribution in [-0.4, -0.2) is 39.1 Å². The highest BCUT2D eigenvalue weighted by Gasteiger charge is 2.16. The van der Waals surface area contributed by atoms with Gasteiger partial charge in [0, 0.05) is 35.1 Å². The molecule has 8 heteroatoms. The summed E-state index contributed by atoms with van der Waals surface area (Å²) >= 11 is 0. The average molecular weight is 427 g/mol. The molecule has 0 saturated heterocycles. The van der Waals surface area contributed by atoms with E-state index in [0.717, 1.165) is 16.3 Å². The molecule has 3 heterocycles. The third-order valence-corrected chi connectivity index (χ3v) is 5.17. The molecule has 32 heavy (non-hydrogen) atoms. The summed E-state index contributed by atoms with van der Waals surface area (Å²) in [5.74, 6) is 0.115. The van der Waals surface area contributed by atoms with Gasteiger partial charge in [0.15, 0.2) is 5.82 Å². The summed E-state index contributed by atoms with van der Waals surface area (Å²) in [7, 11) is 1.34. The van der Waals surface area contributed by atoms with Gasteiger partial charge in [-0.25, -0.2) is 14.4 Å². The summed E-state index contributed by atoms with van der Waals surface area (Å²) in [6, 6.07) is 15.8. The Morgan fingerprint density at radius 1 is 1.12 bits per heavy atom. The van der Waals surface area contributed by atoms with Gasteiger partial charge in [-0.3, -0.25) is 9.78 Å². The molecule has 5 aromatic rings. The van der Waals surface area contributed by atoms with Gasteiger partial charge in [0.05, 0.1) is 23.7 Å². The van der Waals surface area contributed by atoms with Crippen molar-refractivity contribution in [2.75, 3.05) is 19.0 Å². The first-order chi connectivity index (χ1) is 15.6. The van der Waals surface area contributed by atoms with E-state index in [9.17, 15) is 9.18 Å². The lowest BCUT2D eigenvalue weighted by Crippen LogP contribution is -2.15. The second-order valence-electron chi connectivity index (χ2n) is 7.13. The van der Waals surface area contributed by atoms with Crippen molar-refractivity contribution in [2.24, 2.45) is 0 Å². The summed E-state index contributed by atoms with van der Waals surface area (Å²) in [5, 5.41) is 4.74. The normalized spacial score (nSPS) is 11.1. The number of pyridine rings is 1. The van der Waals surface area contributed by atoms with E-state index in [0.29, 0.717) is 22.6 Å². The molecule has 0 unspecified atom stereocenters. The van der Waals surface area contributed by atoms with Gasteiger partial charge in [0.25, 0.3) is 0 Å². The third-order valence-electron chi connectivity index (χ3n) is 5.17. The van der Waals surface area contributed by atoms with Gasteiger partial charge in [-0.15, -0.1) is 0 Å². The molecule has 0 amide bonds. The van der Waals surface area contributed by atoms with Crippen LogP contribution in [0, 0.1) is 5.82 Å². The van der Waals surface area contributed by atoms with Crippen LogP contribution in [0.4, 0.5) is 10.1 Å². The number of esters is 1. The molecule has 0 radical (unpaired) electrons. The zero-order chi connectivity index (χ0) is 22.1. The van der Waals surface area contributed by atoms with Crippen molar-refractivity contribution in [2.45, 2.75) is 0 Å². The topological polar surface area (TPSA) is 81.9 Å². The SMILES string of the molecule is COC(=O)CNc1ccc2nc(-c3ccccc3F)nc(-n3ccc4cnccc43)c2c1. The Morgan fingerprint density at radius 2 is 2.00 bits per heavy atom. The molecule has 2 aromatic carbocycles. The zero-order valence-electron chi connectivity index (χ0n) is 17.1. The molecular weight excluding hydrogens is 409 g/mol. The summed E-state index contributed by atoms with van der Waals surface area (Å²) in [5.41, 5.74) is 2.59. The maximum Gasteiger partial charge on any atom is 0.325 e. The first kappa shape index (κ1) is 19.6. The minimum Gasteiger partial charge on any atom is -0.468 e. The van der Waals surface area contributed by atoms with Crippen LogP contribution >= 0.6 is 0 Å². The van der Waals surface area contributed by atoms with E-state index in [4.69, 9.17) is 9.72 Å². The van der Waals surface area contributed by atoms with Crippen LogP contribution in [0.25, 0.3) is 39.0 Å². The Balaban J connectivity index is 1.73. The third kappa shape index (κ3) is 3.51. The lowest BCUT2D eigenvalue weighted by Gasteiger charge is -2.13. The number of nitrogens with one attached hydrogen (secondary N) is 1. The number of halogens is 1. The Morgan fingerprint density at radius 3 is 2.84 bits per heavy atom. The molecule has 158 valence electrons. The fourth-order valence-corrected chi connectivity index (χ4v) is 3.58. The van der Waals surface area contributed by atoms with Crippen molar-refractivity contribution in [3.8, 4) is 17.2 Å². The number of nitrogens with zero attached hydrogens (tertiary/aromatic N) is 4. The molecule has 0 saturated carbocycles. The van der Waals surface area contributed by atoms with Crippen LogP contribution in [0.2, 0.25) is 0 Å². The number of benzene rings is 2. The summed E-state index contributed by atoms with van der Waals surface area (Å²) in [4.78, 5) is 25.1. The Labute approximate surface area is 182 Å². The molecule has 3 aromatic heterocycles. The number of methoxy groups -OCH3 is 1. The quantitative estimate of drug-likeness (QED) is 0.420. The van der Waals surface area contributed by atoms with Gasteiger partial charge in [-0.1, -0.05) is 12.1 Å². The maximum atomic E-state index is 14.5. The lowest BCUT2D eigenvalue weighted by molar-refractivity contribution is -0.138. The van der Waals surface area contributed by atoms with Crippen LogP contribution in [0.3, 0.4) is 0 Å². The molecule has 0 aliphatic rings. The highest BCUT2D eigenvalue weighted by atomic mass is 19.1. The van der Waals surface area contributed by atoms with Crippen molar-refractivity contribution in [1.29, 1.82) is 0 Å². The largest absolute Gasteiger partial charge is 0.468 e. The number of rotatable bonds is 5. The number of carbonyl (C=O) groups is 1. The van der Waals surface area contributed by atoms with Crippen molar-refractivity contribution < 1.29 is 13.9 Å². The molecular formula is C24H18FN5O2. The molecule has 0 bridgehead atoms. The van der Waals surface area contributed by atoms with Crippen LogP contribution < -0.4 is 5.32 Å². The highest BCUT2D eigenvalue weighted by molar-refractivity contribution is 5.92. The summed E-state index contributed by atoms with van der Waals surface area (Å²) in [6.07, 6.45) is 5.38. The zero-order valence-corrected chi connectivity index (χ0v) is 17.1. The van der Waals surface area contributed by atoms with Crippen molar-refractivity contribution in [3.05, 3.63) is 79.0 Å². The van der Waals surface area contributed by atoms with Gasteiger partial charge in [0.1, 0.15) is 18.2 Å². The van der Waals surface area contributed by atoms with Gasteiger partial charge in [-0.2, -0.15) is 0 Å². The van der Waals surface area contributed by atoms with Gasteiger partial charge < -0.3 is 14.6 Å². The number of carbonyl (C=O) groups excluding carboxylic acids is 1. The maximum absolute atomic E-state index is 14.5. The summed E-state index contributed by atoms with van der Waals surface area (Å²) in [6.45, 7) is 0.0314. The van der Waals surface area contributed by atoms with E-state index >= 15 is 0 Å². The van der Waals surface area contributed by atoms with E-state index in [1.165, 1.54) is 13.2 Å². The number of hydrogen-bond donors (Lipinski definition) is 1. The van der Waals surface area contributed by atoms with Gasteiger partial charge in [0.2, 0.25) is 0 Å². The molecule has 7 nitrogen and oxygen atoms in total. The van der Waals surface area contributed by atoms with Crippen molar-refractivity contribution in [3.63, 3.8) is 0 Å². The predicted octanol–water partition coefficient (Wildman–Crippen LogP) is 4.36. The average Bonchev–Trinajstić information content (AvgIpc) is 3.26. The molecule has 1 N–H and O–H groups in total. The number of aromatic nitrogens is 4. The van der Waals surface area contributed by atoms with E-state index in [2.05, 4.69) is 15.3 Å². The standard InChI is InChI=1S/C24H18FN5O2/c1-32-22(31)14-27-16-6-7-20-18(12-16)24(30-11-9-15-13-26-10-8-21(15)30)29-23(28-20)17-4-2-3-5-19(17)25/h2-13,27H,14H2,1H3. The van der Waals surface area contributed by atoms with Gasteiger partial charge in [-0.05, 0) is 42.5 Å². The molecule has 0 aliphatic carbocycles. The number of ether oxygens (including phenoxy) is 1. The van der Waals surface area contributed by atoms with E-state index in [-0.39, 0.29) is 18.3 Å². The number of hydrogen-bond acceptors (Lipinski definition) is 6. The van der Waals surface area contributed by atoms with Crippen molar-refractivity contribution >= 4 is 33.5 Å². The van der Waals surface area contributed by atoms with E-state index in [1.807, 2.05) is 41.1 Å². The Hall–Kier alpha value is -4.33. The number of anilines is 1. The molecule has 5 rings (SSSR count). The fraction of sp³-hybridized carbons (Fsp3) is 0.0833. The summed E-state index contributed by atoms with van der Waals surface area (Å²) < 4.78 is 21.1. The smallest absolute Gasteiger partial charge is 0.325 e. The van der Waals surface area contributed by atoms with Crippen LogP contribution in [-0.2, 0) is 9.53 Å². The molecule has 0 spiro atoms. The van der Waals surface area contributed by atoms with Crippen LogP contribution in [0.5, 0.6) is 0 Å². The molecule has 0 aliphatic heterocycles. The lowest BCUT2D eigenvalue weighted by atomic mass is 10.1. The predicted molar refractivity (Wildman–Crippen MR) is 120 cm³/mol. The monoisotopic (exact) mass is 427 g/mol. The van der Waals surface area contributed by atoms with Gasteiger partial charge >= 0.3 is 5.97 Å². The second kappa shape index (κ2) is 8.07. The first-order valence-electron chi connectivity index (χ1n) is 9.93. The highest BCUT2D eigenvalue weighted by Crippen LogP contribution is 2.30. The van der Waals surface area contributed by atoms with Crippen LogP contribution in [0.15, 0.2) is 73.2 Å². The molecule has 0 atom stereocenters. The van der Waals surface area contributed by atoms with E-state index in [1.54, 1.807) is 30.6 Å². The number of fused-ring (bicyclic) bond motifs is 2. The van der Waals surface area contributed by atoms with E-state index < -0.39 is 5.82 Å². The Bertz CT molecular complexity index is 1460.